The van der Waals surface area contributed by atoms with Crippen LogP contribution in [0.5, 0.6) is 0 Å². The fourth-order valence-corrected chi connectivity index (χ4v) is 4.44. The van der Waals surface area contributed by atoms with E-state index in [0.717, 1.165) is 26.8 Å². The second-order valence-corrected chi connectivity index (χ2v) is 8.49. The zero-order valence-corrected chi connectivity index (χ0v) is 18.1. The van der Waals surface area contributed by atoms with Gasteiger partial charge in [-0.3, -0.25) is 4.79 Å². The minimum Gasteiger partial charge on any atom is -0.480 e. The average molecular weight is 431 g/mol. The lowest BCUT2D eigenvalue weighted by atomic mass is 10.0. The molecular formula is C26H26N2O4. The number of carboxylic acid groups (broad SMARTS) is 1. The topological polar surface area (TPSA) is 77.9 Å². The summed E-state index contributed by atoms with van der Waals surface area (Å²) in [4.78, 5) is 41.3. The number of nitrogens with zero attached hydrogens (tertiary/aromatic N) is 2. The molecule has 2 atom stereocenters. The molecule has 3 amide bonds. The van der Waals surface area contributed by atoms with Gasteiger partial charge < -0.3 is 10.0 Å². The van der Waals surface area contributed by atoms with Crippen molar-refractivity contribution < 1.29 is 19.5 Å². The number of hydrogen-bond donors (Lipinski definition) is 1. The molecule has 1 N–H and O–H groups in total. The predicted octanol–water partition coefficient (Wildman–Crippen LogP) is 4.32. The highest BCUT2D eigenvalue weighted by molar-refractivity contribution is 6.07. The standard InChI is InChI=1S/C26H26N2O4/c1-17(2)23(25(30)31)28-24(29)22(15-18-9-4-3-5-10-18)27(26(28)32)16-20-13-8-12-19-11-6-7-14-21(19)20/h3-14,17,22-23H,15-16H2,1-2H3,(H,30,31). The summed E-state index contributed by atoms with van der Waals surface area (Å²) in [5.74, 6) is -2.04. The smallest absolute Gasteiger partial charge is 0.328 e. The van der Waals surface area contributed by atoms with Gasteiger partial charge >= 0.3 is 12.0 Å². The van der Waals surface area contributed by atoms with E-state index in [1.165, 1.54) is 4.90 Å². The van der Waals surface area contributed by atoms with E-state index in [2.05, 4.69) is 0 Å². The first-order valence-corrected chi connectivity index (χ1v) is 10.8. The van der Waals surface area contributed by atoms with Gasteiger partial charge in [0, 0.05) is 13.0 Å². The number of imide groups is 1. The highest BCUT2D eigenvalue weighted by Crippen LogP contribution is 2.29. The van der Waals surface area contributed by atoms with Crippen molar-refractivity contribution in [2.75, 3.05) is 0 Å². The van der Waals surface area contributed by atoms with Gasteiger partial charge in [-0.25, -0.2) is 14.5 Å². The molecule has 1 aliphatic heterocycles. The van der Waals surface area contributed by atoms with Crippen LogP contribution >= 0.6 is 0 Å². The van der Waals surface area contributed by atoms with Crippen LogP contribution < -0.4 is 0 Å². The van der Waals surface area contributed by atoms with Crippen LogP contribution in [0.2, 0.25) is 0 Å². The van der Waals surface area contributed by atoms with Crippen LogP contribution in [0, 0.1) is 5.92 Å². The molecule has 0 radical (unpaired) electrons. The molecule has 2 unspecified atom stereocenters. The van der Waals surface area contributed by atoms with Crippen molar-refractivity contribution in [3.8, 4) is 0 Å². The molecular weight excluding hydrogens is 404 g/mol. The third kappa shape index (κ3) is 3.96. The van der Waals surface area contributed by atoms with Gasteiger partial charge in [0.25, 0.3) is 5.91 Å². The number of urea groups is 1. The first-order chi connectivity index (χ1) is 15.4. The maximum atomic E-state index is 13.5. The number of rotatable bonds is 7. The van der Waals surface area contributed by atoms with Crippen LogP contribution in [0.4, 0.5) is 4.79 Å². The minimum atomic E-state index is -1.20. The van der Waals surface area contributed by atoms with E-state index in [4.69, 9.17) is 0 Å². The molecule has 6 heteroatoms. The molecule has 0 spiro atoms. The van der Waals surface area contributed by atoms with Gasteiger partial charge in [0.05, 0.1) is 0 Å². The quantitative estimate of drug-likeness (QED) is 0.566. The zero-order valence-electron chi connectivity index (χ0n) is 18.1. The Hall–Kier alpha value is -3.67. The number of carbonyl (C=O) groups is 3. The summed E-state index contributed by atoms with van der Waals surface area (Å²) in [6.45, 7) is 3.64. The number of fused-ring (bicyclic) bond motifs is 1. The van der Waals surface area contributed by atoms with E-state index in [9.17, 15) is 19.5 Å². The van der Waals surface area contributed by atoms with E-state index in [0.29, 0.717) is 6.42 Å². The Labute approximate surface area is 187 Å². The van der Waals surface area contributed by atoms with E-state index >= 15 is 0 Å². The number of carboxylic acids is 1. The van der Waals surface area contributed by atoms with Crippen molar-refractivity contribution in [3.05, 3.63) is 83.9 Å². The average Bonchev–Trinajstić information content (AvgIpc) is 2.99. The minimum absolute atomic E-state index is 0.227. The molecule has 1 fully saturated rings. The van der Waals surface area contributed by atoms with Gasteiger partial charge in [-0.05, 0) is 27.8 Å². The molecule has 1 saturated heterocycles. The van der Waals surface area contributed by atoms with E-state index < -0.39 is 35.9 Å². The Kier molecular flexibility index (Phi) is 5.95. The molecule has 1 heterocycles. The third-order valence-corrected chi connectivity index (χ3v) is 6.01. The second kappa shape index (κ2) is 8.83. The fourth-order valence-electron chi connectivity index (χ4n) is 4.44. The molecule has 0 aromatic heterocycles. The van der Waals surface area contributed by atoms with Crippen molar-refractivity contribution in [2.45, 2.75) is 38.9 Å². The van der Waals surface area contributed by atoms with Crippen LogP contribution in [-0.2, 0) is 22.6 Å². The molecule has 0 bridgehead atoms. The van der Waals surface area contributed by atoms with Gasteiger partial charge in [0.15, 0.2) is 0 Å². The lowest BCUT2D eigenvalue weighted by molar-refractivity contribution is -0.148. The van der Waals surface area contributed by atoms with Gasteiger partial charge in [0.2, 0.25) is 0 Å². The Morgan fingerprint density at radius 3 is 2.28 bits per heavy atom. The Balaban J connectivity index is 1.75. The second-order valence-electron chi connectivity index (χ2n) is 8.49. The molecule has 4 rings (SSSR count). The lowest BCUT2D eigenvalue weighted by Crippen LogP contribution is -2.48. The highest BCUT2D eigenvalue weighted by atomic mass is 16.4. The first-order valence-electron chi connectivity index (χ1n) is 10.8. The van der Waals surface area contributed by atoms with Crippen LogP contribution in [0.3, 0.4) is 0 Å². The highest BCUT2D eigenvalue weighted by Gasteiger charge is 2.50. The van der Waals surface area contributed by atoms with E-state index in [1.807, 2.05) is 72.8 Å². The van der Waals surface area contributed by atoms with Crippen LogP contribution in [0.15, 0.2) is 72.8 Å². The molecule has 32 heavy (non-hydrogen) atoms. The molecule has 0 saturated carbocycles. The maximum absolute atomic E-state index is 13.5. The predicted molar refractivity (Wildman–Crippen MR) is 122 cm³/mol. The summed E-state index contributed by atoms with van der Waals surface area (Å²) in [6.07, 6.45) is 0.330. The Morgan fingerprint density at radius 1 is 0.938 bits per heavy atom. The maximum Gasteiger partial charge on any atom is 0.328 e. The molecule has 6 nitrogen and oxygen atoms in total. The number of amides is 3. The molecule has 3 aromatic carbocycles. The van der Waals surface area contributed by atoms with Gasteiger partial charge in [0.1, 0.15) is 12.1 Å². The summed E-state index contributed by atoms with van der Waals surface area (Å²) < 4.78 is 0. The van der Waals surface area contributed by atoms with Gasteiger partial charge in [-0.1, -0.05) is 86.6 Å². The first kappa shape index (κ1) is 21.6. The number of benzene rings is 3. The van der Waals surface area contributed by atoms with E-state index in [1.54, 1.807) is 13.8 Å². The lowest BCUT2D eigenvalue weighted by Gasteiger charge is -2.26. The van der Waals surface area contributed by atoms with E-state index in [-0.39, 0.29) is 6.54 Å². The van der Waals surface area contributed by atoms with Crippen molar-refractivity contribution >= 4 is 28.7 Å². The Bertz CT molecular complexity index is 1150. The Morgan fingerprint density at radius 2 is 1.59 bits per heavy atom. The van der Waals surface area contributed by atoms with Gasteiger partial charge in [-0.15, -0.1) is 0 Å². The van der Waals surface area contributed by atoms with Crippen molar-refractivity contribution in [1.82, 2.24) is 9.80 Å². The molecule has 1 aliphatic rings. The van der Waals surface area contributed by atoms with Gasteiger partial charge in [-0.2, -0.15) is 0 Å². The normalized spacial score (nSPS) is 17.4. The van der Waals surface area contributed by atoms with Crippen molar-refractivity contribution in [3.63, 3.8) is 0 Å². The summed E-state index contributed by atoms with van der Waals surface area (Å²) in [7, 11) is 0. The summed E-state index contributed by atoms with van der Waals surface area (Å²) in [6, 6.07) is 20.7. The number of hydrogen-bond acceptors (Lipinski definition) is 3. The summed E-state index contributed by atoms with van der Waals surface area (Å²) in [5, 5.41) is 11.8. The van der Waals surface area contributed by atoms with Crippen molar-refractivity contribution in [1.29, 1.82) is 0 Å². The number of carbonyl (C=O) groups excluding carboxylic acids is 2. The summed E-state index contributed by atoms with van der Waals surface area (Å²) in [5.41, 5.74) is 1.83. The SMILES string of the molecule is CC(C)C(C(=O)O)N1C(=O)C(Cc2ccccc2)N(Cc2cccc3ccccc23)C1=O. The van der Waals surface area contributed by atoms with Crippen LogP contribution in [0.25, 0.3) is 10.8 Å². The molecule has 164 valence electrons. The molecule has 3 aromatic rings. The fraction of sp³-hybridized carbons (Fsp3) is 0.269. The monoisotopic (exact) mass is 430 g/mol. The zero-order chi connectivity index (χ0) is 22.8. The number of aliphatic carboxylic acids is 1. The van der Waals surface area contributed by atoms with Crippen molar-refractivity contribution in [2.24, 2.45) is 5.92 Å². The largest absolute Gasteiger partial charge is 0.480 e. The molecule has 0 aliphatic carbocycles. The van der Waals surface area contributed by atoms with Crippen LogP contribution in [-0.4, -0.2) is 44.9 Å². The summed E-state index contributed by atoms with van der Waals surface area (Å²) >= 11 is 0. The third-order valence-electron chi connectivity index (χ3n) is 6.01. The van der Waals surface area contributed by atoms with Crippen LogP contribution in [0.1, 0.15) is 25.0 Å².